The average molecular weight is 493 g/mol. The third-order valence-corrected chi connectivity index (χ3v) is 11.7. The smallest absolute Gasteiger partial charge is 0.261 e. The highest BCUT2D eigenvalue weighted by molar-refractivity contribution is 6.99. The minimum absolute atomic E-state index is 0.164. The Morgan fingerprint density at radius 1 is 0.829 bits per heavy atom. The van der Waals surface area contributed by atoms with E-state index in [-0.39, 0.29) is 11.6 Å². The third kappa shape index (κ3) is 5.75. The van der Waals surface area contributed by atoms with Gasteiger partial charge in [0, 0.05) is 6.42 Å². The van der Waals surface area contributed by atoms with Gasteiger partial charge in [-0.15, -0.1) is 0 Å². The molecule has 0 aromatic heterocycles. The number of benzene rings is 3. The van der Waals surface area contributed by atoms with E-state index in [9.17, 15) is 10.2 Å². The summed E-state index contributed by atoms with van der Waals surface area (Å²) in [5.74, 6) is 0. The fourth-order valence-corrected chi connectivity index (χ4v) is 9.56. The van der Waals surface area contributed by atoms with E-state index in [1.165, 1.54) is 10.4 Å². The number of rotatable bonds is 8. The van der Waals surface area contributed by atoms with Crippen molar-refractivity contribution in [2.24, 2.45) is 0 Å². The monoisotopic (exact) mass is 492 g/mol. The van der Waals surface area contributed by atoms with Crippen LogP contribution in [-0.2, 0) is 20.5 Å². The van der Waals surface area contributed by atoms with Gasteiger partial charge < -0.3 is 24.1 Å². The van der Waals surface area contributed by atoms with E-state index in [1.807, 2.05) is 42.5 Å². The van der Waals surface area contributed by atoms with Crippen LogP contribution in [0.15, 0.2) is 91.0 Å². The van der Waals surface area contributed by atoms with Crippen LogP contribution >= 0.6 is 0 Å². The highest BCUT2D eigenvalue weighted by Gasteiger charge is 2.51. The van der Waals surface area contributed by atoms with Crippen molar-refractivity contribution in [1.82, 2.24) is 0 Å². The van der Waals surface area contributed by atoms with Gasteiger partial charge in [-0.2, -0.15) is 0 Å². The first-order valence-corrected chi connectivity index (χ1v) is 14.1. The molecule has 0 bridgehead atoms. The topological polar surface area (TPSA) is 68.2 Å². The lowest BCUT2D eigenvalue weighted by Gasteiger charge is -2.44. The number of aliphatic hydroxyl groups is 2. The lowest BCUT2D eigenvalue weighted by Crippen LogP contribution is -2.67. The zero-order valence-corrected chi connectivity index (χ0v) is 21.7. The highest BCUT2D eigenvalue weighted by atomic mass is 28.4. The van der Waals surface area contributed by atoms with Gasteiger partial charge in [-0.25, -0.2) is 0 Å². The Kier molecular flexibility index (Phi) is 8.22. The van der Waals surface area contributed by atoms with Crippen LogP contribution < -0.4 is 10.4 Å². The van der Waals surface area contributed by atoms with Gasteiger partial charge in [0.25, 0.3) is 8.32 Å². The van der Waals surface area contributed by atoms with E-state index < -0.39 is 32.9 Å². The summed E-state index contributed by atoms with van der Waals surface area (Å²) < 4.78 is 18.6. The van der Waals surface area contributed by atoms with Crippen LogP contribution in [0.3, 0.4) is 0 Å². The van der Waals surface area contributed by atoms with Crippen LogP contribution in [0.4, 0.5) is 0 Å². The Labute approximate surface area is 209 Å². The largest absolute Gasteiger partial charge is 0.405 e. The predicted octanol–water partition coefficient (Wildman–Crippen LogP) is 3.62. The summed E-state index contributed by atoms with van der Waals surface area (Å²) in [7, 11) is -2.73. The van der Waals surface area contributed by atoms with Crippen molar-refractivity contribution < 1.29 is 24.1 Å². The van der Waals surface area contributed by atoms with Gasteiger partial charge in [-0.3, -0.25) is 0 Å². The number of hydrogen-bond donors (Lipinski definition) is 2. The summed E-state index contributed by atoms with van der Waals surface area (Å²) in [5, 5.41) is 23.7. The van der Waals surface area contributed by atoms with Crippen LogP contribution in [0.2, 0.25) is 5.04 Å². The first-order chi connectivity index (χ1) is 16.8. The maximum atomic E-state index is 10.8. The molecule has 1 aliphatic heterocycles. The van der Waals surface area contributed by atoms with Crippen molar-refractivity contribution in [3.63, 3.8) is 0 Å². The average Bonchev–Trinajstić information content (AvgIpc) is 2.85. The Morgan fingerprint density at radius 3 is 1.83 bits per heavy atom. The summed E-state index contributed by atoms with van der Waals surface area (Å²) in [6, 6.07) is 30.5. The molecule has 3 aromatic rings. The van der Waals surface area contributed by atoms with Crippen LogP contribution in [0.25, 0.3) is 0 Å². The summed E-state index contributed by atoms with van der Waals surface area (Å²) in [5.41, 5.74) is 0.976. The quantitative estimate of drug-likeness (QED) is 0.470. The first kappa shape index (κ1) is 25.8. The Bertz CT molecular complexity index is 987. The molecule has 0 aliphatic carbocycles. The number of hydrogen-bond acceptors (Lipinski definition) is 5. The Morgan fingerprint density at radius 2 is 1.34 bits per heavy atom. The lowest BCUT2D eigenvalue weighted by atomic mass is 10.0. The van der Waals surface area contributed by atoms with E-state index in [0.717, 1.165) is 5.56 Å². The lowest BCUT2D eigenvalue weighted by molar-refractivity contribution is -0.265. The van der Waals surface area contributed by atoms with E-state index in [0.29, 0.717) is 13.0 Å². The standard InChI is InChI=1S/C29H36O5Si/c1-29(2,3)35(24-15-9-5-10-16-24,25-17-11-6-12-18-25)33-21-23-19-26(30)27(28(31)34-23)32-20-22-13-7-4-8-14-22/h4-18,23,26-28,30-31H,19-21H2,1-3H3/t23-,26-,27+,28+/m0/s1. The summed E-state index contributed by atoms with van der Waals surface area (Å²) in [6.45, 7) is 7.23. The normalized spacial score (nSPS) is 23.2. The molecule has 35 heavy (non-hydrogen) atoms. The van der Waals surface area contributed by atoms with Crippen molar-refractivity contribution in [1.29, 1.82) is 0 Å². The van der Waals surface area contributed by atoms with Gasteiger partial charge in [0.2, 0.25) is 0 Å². The van der Waals surface area contributed by atoms with Crippen molar-refractivity contribution in [3.8, 4) is 0 Å². The number of ether oxygens (including phenoxy) is 2. The zero-order valence-electron chi connectivity index (χ0n) is 20.7. The summed E-state index contributed by atoms with van der Waals surface area (Å²) >= 11 is 0. The summed E-state index contributed by atoms with van der Waals surface area (Å²) in [6.07, 6.45) is -3.00. The molecule has 0 spiro atoms. The second kappa shape index (κ2) is 11.2. The van der Waals surface area contributed by atoms with Gasteiger partial charge in [-0.1, -0.05) is 112 Å². The fraction of sp³-hybridized carbons (Fsp3) is 0.379. The number of aliphatic hydroxyl groups excluding tert-OH is 2. The molecule has 3 aromatic carbocycles. The maximum absolute atomic E-state index is 10.8. The molecule has 0 amide bonds. The molecule has 1 fully saturated rings. The molecule has 5 nitrogen and oxygen atoms in total. The first-order valence-electron chi connectivity index (χ1n) is 12.2. The maximum Gasteiger partial charge on any atom is 0.261 e. The highest BCUT2D eigenvalue weighted by Crippen LogP contribution is 2.37. The van der Waals surface area contributed by atoms with Gasteiger partial charge in [-0.05, 0) is 21.0 Å². The molecule has 1 aliphatic rings. The SMILES string of the molecule is CC(C)(C)[Si](OC[C@@H]1C[C@H](O)[C@@H](OCc2ccccc2)[C@H](O)O1)(c1ccccc1)c1ccccc1. The van der Waals surface area contributed by atoms with Gasteiger partial charge >= 0.3 is 0 Å². The van der Waals surface area contributed by atoms with Crippen molar-refractivity contribution in [2.75, 3.05) is 6.61 Å². The van der Waals surface area contributed by atoms with E-state index in [2.05, 4.69) is 69.3 Å². The molecule has 4 atom stereocenters. The van der Waals surface area contributed by atoms with E-state index in [4.69, 9.17) is 13.9 Å². The summed E-state index contributed by atoms with van der Waals surface area (Å²) in [4.78, 5) is 0. The minimum atomic E-state index is -2.73. The van der Waals surface area contributed by atoms with E-state index in [1.54, 1.807) is 0 Å². The molecule has 1 heterocycles. The molecule has 1 saturated heterocycles. The molecule has 186 valence electrons. The third-order valence-electron chi connectivity index (χ3n) is 6.68. The molecule has 4 rings (SSSR count). The second-order valence-corrected chi connectivity index (χ2v) is 14.5. The molecular formula is C29H36O5Si. The van der Waals surface area contributed by atoms with Crippen molar-refractivity contribution in [3.05, 3.63) is 96.6 Å². The minimum Gasteiger partial charge on any atom is -0.405 e. The van der Waals surface area contributed by atoms with Gasteiger partial charge in [0.1, 0.15) is 6.10 Å². The predicted molar refractivity (Wildman–Crippen MR) is 140 cm³/mol. The van der Waals surface area contributed by atoms with Crippen LogP contribution in [0, 0.1) is 0 Å². The Hall–Kier alpha value is -2.32. The molecule has 0 radical (unpaired) electrons. The van der Waals surface area contributed by atoms with Crippen LogP contribution in [0.5, 0.6) is 0 Å². The van der Waals surface area contributed by atoms with Gasteiger partial charge in [0.05, 0.1) is 25.4 Å². The zero-order chi connectivity index (χ0) is 24.9. The molecule has 2 N–H and O–H groups in total. The van der Waals surface area contributed by atoms with Crippen LogP contribution in [-0.4, -0.2) is 49.7 Å². The molecule has 6 heteroatoms. The van der Waals surface area contributed by atoms with Crippen molar-refractivity contribution in [2.45, 2.75) is 63.4 Å². The second-order valence-electron chi connectivity index (χ2n) is 10.2. The van der Waals surface area contributed by atoms with Gasteiger partial charge in [0.15, 0.2) is 6.29 Å². The van der Waals surface area contributed by atoms with E-state index >= 15 is 0 Å². The van der Waals surface area contributed by atoms with Crippen molar-refractivity contribution >= 4 is 18.7 Å². The molecular weight excluding hydrogens is 456 g/mol. The Balaban J connectivity index is 1.51. The molecule has 0 unspecified atom stereocenters. The fourth-order valence-electron chi connectivity index (χ4n) is 4.97. The van der Waals surface area contributed by atoms with Crippen LogP contribution in [0.1, 0.15) is 32.8 Å². The molecule has 0 saturated carbocycles.